The van der Waals surface area contributed by atoms with Crippen LogP contribution in [0.15, 0.2) is 18.2 Å². The van der Waals surface area contributed by atoms with E-state index in [1.807, 2.05) is 13.8 Å². The largest absolute Gasteiger partial charge is 0.504 e. The highest BCUT2D eigenvalue weighted by molar-refractivity contribution is 5.42. The SMILES string of the molecule is CCC(C)(N)c1ccc(O)c(O)c1. The molecule has 0 aromatic heterocycles. The second-order valence-corrected chi connectivity index (χ2v) is 3.47. The lowest BCUT2D eigenvalue weighted by atomic mass is 9.90. The molecule has 3 heteroatoms. The minimum Gasteiger partial charge on any atom is -0.504 e. The third-order valence-electron chi connectivity index (χ3n) is 2.37. The van der Waals surface area contributed by atoms with Gasteiger partial charge in [-0.3, -0.25) is 0 Å². The quantitative estimate of drug-likeness (QED) is 0.608. The normalized spacial score (nSPS) is 15.3. The molecule has 72 valence electrons. The van der Waals surface area contributed by atoms with Gasteiger partial charge in [0.25, 0.3) is 0 Å². The van der Waals surface area contributed by atoms with Crippen LogP contribution < -0.4 is 5.73 Å². The molecule has 0 radical (unpaired) electrons. The Hall–Kier alpha value is -1.22. The van der Waals surface area contributed by atoms with Crippen molar-refractivity contribution in [2.75, 3.05) is 0 Å². The Morgan fingerprint density at radius 2 is 1.92 bits per heavy atom. The predicted molar refractivity (Wildman–Crippen MR) is 51.6 cm³/mol. The topological polar surface area (TPSA) is 66.5 Å². The first-order chi connectivity index (χ1) is 5.97. The van der Waals surface area contributed by atoms with Gasteiger partial charge in [-0.25, -0.2) is 0 Å². The Bertz CT molecular complexity index is 308. The van der Waals surface area contributed by atoms with Gasteiger partial charge in [0.2, 0.25) is 0 Å². The number of hydrogen-bond donors (Lipinski definition) is 3. The smallest absolute Gasteiger partial charge is 0.157 e. The second kappa shape index (κ2) is 3.26. The van der Waals surface area contributed by atoms with Crippen LogP contribution in [0.1, 0.15) is 25.8 Å². The van der Waals surface area contributed by atoms with Crippen LogP contribution in [-0.2, 0) is 5.54 Å². The average Bonchev–Trinajstić information content (AvgIpc) is 2.09. The fraction of sp³-hybridized carbons (Fsp3) is 0.400. The molecule has 1 aromatic carbocycles. The van der Waals surface area contributed by atoms with Crippen LogP contribution in [-0.4, -0.2) is 10.2 Å². The van der Waals surface area contributed by atoms with Crippen LogP contribution in [0, 0.1) is 0 Å². The minimum absolute atomic E-state index is 0.115. The van der Waals surface area contributed by atoms with E-state index in [4.69, 9.17) is 10.8 Å². The molecule has 0 aliphatic rings. The van der Waals surface area contributed by atoms with Gasteiger partial charge in [0, 0.05) is 5.54 Å². The fourth-order valence-corrected chi connectivity index (χ4v) is 1.08. The van der Waals surface area contributed by atoms with E-state index >= 15 is 0 Å². The molecule has 0 aliphatic carbocycles. The molecular weight excluding hydrogens is 166 g/mol. The Morgan fingerprint density at radius 1 is 1.31 bits per heavy atom. The maximum Gasteiger partial charge on any atom is 0.157 e. The van der Waals surface area contributed by atoms with Gasteiger partial charge >= 0.3 is 0 Å². The van der Waals surface area contributed by atoms with Gasteiger partial charge in [0.05, 0.1) is 0 Å². The third kappa shape index (κ3) is 1.92. The van der Waals surface area contributed by atoms with E-state index < -0.39 is 5.54 Å². The first kappa shape index (κ1) is 9.86. The van der Waals surface area contributed by atoms with Crippen molar-refractivity contribution in [1.29, 1.82) is 0 Å². The lowest BCUT2D eigenvalue weighted by Gasteiger charge is -2.23. The molecule has 1 rings (SSSR count). The van der Waals surface area contributed by atoms with Crippen LogP contribution in [0.25, 0.3) is 0 Å². The van der Waals surface area contributed by atoms with Crippen LogP contribution >= 0.6 is 0 Å². The van der Waals surface area contributed by atoms with E-state index in [-0.39, 0.29) is 11.5 Å². The van der Waals surface area contributed by atoms with Crippen LogP contribution in [0.5, 0.6) is 11.5 Å². The molecule has 1 unspecified atom stereocenters. The van der Waals surface area contributed by atoms with Crippen molar-refractivity contribution >= 4 is 0 Å². The van der Waals surface area contributed by atoms with Crippen molar-refractivity contribution in [3.05, 3.63) is 23.8 Å². The summed E-state index contributed by atoms with van der Waals surface area (Å²) < 4.78 is 0. The van der Waals surface area contributed by atoms with Gasteiger partial charge in [-0.1, -0.05) is 13.0 Å². The van der Waals surface area contributed by atoms with Gasteiger partial charge in [0.15, 0.2) is 11.5 Å². The first-order valence-corrected chi connectivity index (χ1v) is 4.28. The fourth-order valence-electron chi connectivity index (χ4n) is 1.08. The number of hydrogen-bond acceptors (Lipinski definition) is 3. The van der Waals surface area contributed by atoms with Gasteiger partial charge in [0.1, 0.15) is 0 Å². The van der Waals surface area contributed by atoms with Crippen molar-refractivity contribution in [3.63, 3.8) is 0 Å². The number of phenolic OH excluding ortho intramolecular Hbond substituents is 2. The number of aromatic hydroxyl groups is 2. The van der Waals surface area contributed by atoms with Crippen molar-refractivity contribution in [2.24, 2.45) is 5.73 Å². The maximum atomic E-state index is 9.25. The molecule has 1 atom stereocenters. The van der Waals surface area contributed by atoms with E-state index in [0.29, 0.717) is 0 Å². The highest BCUT2D eigenvalue weighted by atomic mass is 16.3. The van der Waals surface area contributed by atoms with Gasteiger partial charge in [-0.2, -0.15) is 0 Å². The third-order valence-corrected chi connectivity index (χ3v) is 2.37. The number of phenols is 2. The zero-order valence-corrected chi connectivity index (χ0v) is 7.91. The Morgan fingerprint density at radius 3 is 2.38 bits per heavy atom. The Balaban J connectivity index is 3.10. The standard InChI is InChI=1S/C10H15NO2/c1-3-10(2,11)7-4-5-8(12)9(13)6-7/h4-6,12-13H,3,11H2,1-2H3. The summed E-state index contributed by atoms with van der Waals surface area (Å²) in [6, 6.07) is 4.67. The molecule has 0 aliphatic heterocycles. The maximum absolute atomic E-state index is 9.25. The molecular formula is C10H15NO2. The second-order valence-electron chi connectivity index (χ2n) is 3.47. The van der Waals surface area contributed by atoms with Crippen LogP contribution in [0.3, 0.4) is 0 Å². The lowest BCUT2D eigenvalue weighted by molar-refractivity contribution is 0.398. The van der Waals surface area contributed by atoms with E-state index in [2.05, 4.69) is 0 Å². The number of nitrogens with two attached hydrogens (primary N) is 1. The van der Waals surface area contributed by atoms with Gasteiger partial charge < -0.3 is 15.9 Å². The molecule has 4 N–H and O–H groups in total. The molecule has 0 saturated carbocycles. The molecule has 0 fully saturated rings. The summed E-state index contributed by atoms with van der Waals surface area (Å²) >= 11 is 0. The highest BCUT2D eigenvalue weighted by Gasteiger charge is 2.19. The molecule has 0 bridgehead atoms. The molecule has 0 amide bonds. The summed E-state index contributed by atoms with van der Waals surface area (Å²) in [5.74, 6) is -0.238. The summed E-state index contributed by atoms with van der Waals surface area (Å²) in [5, 5.41) is 18.3. The zero-order valence-electron chi connectivity index (χ0n) is 7.91. The highest BCUT2D eigenvalue weighted by Crippen LogP contribution is 2.30. The molecule has 13 heavy (non-hydrogen) atoms. The van der Waals surface area contributed by atoms with Crippen molar-refractivity contribution < 1.29 is 10.2 Å². The molecule has 1 aromatic rings. The zero-order chi connectivity index (χ0) is 10.1. The predicted octanol–water partition coefficient (Wildman–Crippen LogP) is 1.68. The lowest BCUT2D eigenvalue weighted by Crippen LogP contribution is -2.31. The molecule has 0 heterocycles. The van der Waals surface area contributed by atoms with Crippen molar-refractivity contribution in [1.82, 2.24) is 0 Å². The van der Waals surface area contributed by atoms with Crippen molar-refractivity contribution in [3.8, 4) is 11.5 Å². The summed E-state index contributed by atoms with van der Waals surface area (Å²) in [4.78, 5) is 0. The number of benzene rings is 1. The summed E-state index contributed by atoms with van der Waals surface area (Å²) in [6.45, 7) is 3.86. The van der Waals surface area contributed by atoms with Crippen LogP contribution in [0.2, 0.25) is 0 Å². The Kier molecular flexibility index (Phi) is 2.48. The monoisotopic (exact) mass is 181 g/mol. The van der Waals surface area contributed by atoms with E-state index in [1.54, 1.807) is 6.07 Å². The minimum atomic E-state index is -0.453. The van der Waals surface area contributed by atoms with E-state index in [0.717, 1.165) is 12.0 Å². The summed E-state index contributed by atoms with van der Waals surface area (Å²) in [7, 11) is 0. The van der Waals surface area contributed by atoms with Gasteiger partial charge in [-0.15, -0.1) is 0 Å². The molecule has 0 saturated heterocycles. The molecule has 0 spiro atoms. The van der Waals surface area contributed by atoms with Crippen molar-refractivity contribution in [2.45, 2.75) is 25.8 Å². The first-order valence-electron chi connectivity index (χ1n) is 4.28. The average molecular weight is 181 g/mol. The van der Waals surface area contributed by atoms with E-state index in [9.17, 15) is 5.11 Å². The Labute approximate surface area is 77.8 Å². The summed E-state index contributed by atoms with van der Waals surface area (Å²) in [6.07, 6.45) is 0.775. The number of rotatable bonds is 2. The molecule has 3 nitrogen and oxygen atoms in total. The van der Waals surface area contributed by atoms with E-state index in [1.165, 1.54) is 12.1 Å². The van der Waals surface area contributed by atoms with Crippen LogP contribution in [0.4, 0.5) is 0 Å². The summed E-state index contributed by atoms with van der Waals surface area (Å²) in [5.41, 5.74) is 6.33. The van der Waals surface area contributed by atoms with Gasteiger partial charge in [-0.05, 0) is 31.0 Å².